The number of nitrogens with one attached hydrogen (secondary N) is 2. The van der Waals surface area contributed by atoms with E-state index in [1.54, 1.807) is 11.9 Å². The average Bonchev–Trinajstić information content (AvgIpc) is 2.16. The van der Waals surface area contributed by atoms with Gasteiger partial charge in [-0.3, -0.25) is 14.6 Å². The maximum atomic E-state index is 4.42. The molecule has 0 unspecified atom stereocenters. The van der Waals surface area contributed by atoms with Gasteiger partial charge in [-0.25, -0.2) is 4.99 Å². The molecule has 16 heavy (non-hydrogen) atoms. The minimum absolute atomic E-state index is 0.00465. The van der Waals surface area contributed by atoms with Gasteiger partial charge in [-0.1, -0.05) is 0 Å². The van der Waals surface area contributed by atoms with Gasteiger partial charge in [-0.05, 0) is 39.6 Å². The Morgan fingerprint density at radius 3 is 2.75 bits per heavy atom. The molecular formula is C10H21N5S. The minimum Gasteiger partial charge on any atom is -0.351 e. The minimum atomic E-state index is 0.00465. The van der Waals surface area contributed by atoms with Crippen LogP contribution in [0.1, 0.15) is 27.7 Å². The highest BCUT2D eigenvalue weighted by molar-refractivity contribution is 7.96. The van der Waals surface area contributed by atoms with Crippen LogP contribution in [0.15, 0.2) is 9.98 Å². The zero-order valence-electron chi connectivity index (χ0n) is 10.7. The van der Waals surface area contributed by atoms with Gasteiger partial charge >= 0.3 is 0 Å². The molecule has 0 aromatic carbocycles. The summed E-state index contributed by atoms with van der Waals surface area (Å²) in [5, 5.41) is 6.52. The lowest BCUT2D eigenvalue weighted by Crippen LogP contribution is -2.55. The largest absolute Gasteiger partial charge is 0.351 e. The zero-order valence-corrected chi connectivity index (χ0v) is 11.5. The van der Waals surface area contributed by atoms with Crippen molar-refractivity contribution in [3.05, 3.63) is 0 Å². The van der Waals surface area contributed by atoms with Crippen LogP contribution in [0.4, 0.5) is 0 Å². The van der Waals surface area contributed by atoms with Gasteiger partial charge in [0.2, 0.25) is 5.96 Å². The van der Waals surface area contributed by atoms with Crippen LogP contribution in [-0.4, -0.2) is 41.2 Å². The zero-order chi connectivity index (χ0) is 12.2. The molecule has 0 radical (unpaired) electrons. The number of guanidine groups is 2. The molecule has 0 saturated carbocycles. The predicted molar refractivity (Wildman–Crippen MR) is 71.7 cm³/mol. The van der Waals surface area contributed by atoms with Gasteiger partial charge in [0.15, 0.2) is 5.96 Å². The monoisotopic (exact) mass is 243 g/mol. The van der Waals surface area contributed by atoms with E-state index in [0.29, 0.717) is 6.67 Å². The van der Waals surface area contributed by atoms with Crippen LogP contribution in [0.25, 0.3) is 0 Å². The van der Waals surface area contributed by atoms with E-state index in [9.17, 15) is 0 Å². The third-order valence-corrected chi connectivity index (χ3v) is 2.57. The van der Waals surface area contributed by atoms with Crippen LogP contribution in [0.5, 0.6) is 0 Å². The molecule has 0 atom stereocenters. The summed E-state index contributed by atoms with van der Waals surface area (Å²) in [4.78, 5) is 8.82. The van der Waals surface area contributed by atoms with Gasteiger partial charge in [-0.15, -0.1) is 0 Å². The number of nitrogens with zero attached hydrogens (tertiary/aromatic N) is 3. The summed E-state index contributed by atoms with van der Waals surface area (Å²) >= 11 is 1.62. The van der Waals surface area contributed by atoms with Crippen molar-refractivity contribution in [2.75, 3.05) is 19.5 Å². The van der Waals surface area contributed by atoms with Crippen LogP contribution < -0.4 is 10.6 Å². The van der Waals surface area contributed by atoms with E-state index >= 15 is 0 Å². The van der Waals surface area contributed by atoms with Crippen molar-refractivity contribution in [1.29, 1.82) is 0 Å². The Morgan fingerprint density at radius 2 is 2.25 bits per heavy atom. The lowest BCUT2D eigenvalue weighted by molar-refractivity contribution is 0.497. The highest BCUT2D eigenvalue weighted by atomic mass is 32.2. The second-order valence-electron chi connectivity index (χ2n) is 4.51. The van der Waals surface area contributed by atoms with Gasteiger partial charge < -0.3 is 5.32 Å². The van der Waals surface area contributed by atoms with Crippen LogP contribution in [0, 0.1) is 0 Å². The molecule has 1 aliphatic heterocycles. The molecule has 0 saturated heterocycles. The topological polar surface area (TPSA) is 52.0 Å². The molecule has 0 amide bonds. The fourth-order valence-electron chi connectivity index (χ4n) is 1.25. The molecule has 0 fully saturated rings. The molecular weight excluding hydrogens is 222 g/mol. The Morgan fingerprint density at radius 1 is 1.56 bits per heavy atom. The predicted octanol–water partition coefficient (Wildman–Crippen LogP) is 1.25. The molecule has 5 nitrogen and oxygen atoms in total. The Labute approximate surface area is 102 Å². The molecule has 1 rings (SSSR count). The number of hydrogen-bond donors (Lipinski definition) is 2. The first-order valence-corrected chi connectivity index (χ1v) is 6.60. The Hall–Kier alpha value is -0.910. The highest BCUT2D eigenvalue weighted by Crippen LogP contribution is 2.09. The Balaban J connectivity index is 2.71. The second-order valence-corrected chi connectivity index (χ2v) is 5.31. The molecule has 0 aromatic rings. The van der Waals surface area contributed by atoms with Crippen LogP contribution >= 0.6 is 11.9 Å². The lowest BCUT2D eigenvalue weighted by Gasteiger charge is -2.31. The Bertz CT molecular complexity index is 292. The second kappa shape index (κ2) is 5.43. The smallest absolute Gasteiger partial charge is 0.212 e. The third kappa shape index (κ3) is 3.92. The van der Waals surface area contributed by atoms with Crippen LogP contribution in [0.2, 0.25) is 0 Å². The quantitative estimate of drug-likeness (QED) is 0.717. The third-order valence-electron chi connectivity index (χ3n) is 1.85. The van der Waals surface area contributed by atoms with Crippen molar-refractivity contribution in [2.24, 2.45) is 9.98 Å². The molecule has 0 bridgehead atoms. The van der Waals surface area contributed by atoms with Gasteiger partial charge in [-0.2, -0.15) is 0 Å². The van der Waals surface area contributed by atoms with Gasteiger partial charge in [0.05, 0.1) is 0 Å². The van der Waals surface area contributed by atoms with Crippen LogP contribution in [-0.2, 0) is 0 Å². The molecule has 1 heterocycles. The summed E-state index contributed by atoms with van der Waals surface area (Å²) in [5.41, 5.74) is 0.00465. The van der Waals surface area contributed by atoms with E-state index in [4.69, 9.17) is 0 Å². The molecule has 0 aliphatic carbocycles. The number of rotatable bonds is 2. The van der Waals surface area contributed by atoms with Gasteiger partial charge in [0.1, 0.15) is 6.67 Å². The van der Waals surface area contributed by atoms with Gasteiger partial charge in [0, 0.05) is 18.3 Å². The fourth-order valence-corrected chi connectivity index (χ4v) is 1.70. The molecule has 1 aliphatic rings. The van der Waals surface area contributed by atoms with Crippen molar-refractivity contribution in [3.8, 4) is 0 Å². The maximum absolute atomic E-state index is 4.42. The van der Waals surface area contributed by atoms with Crippen molar-refractivity contribution in [1.82, 2.24) is 14.9 Å². The van der Waals surface area contributed by atoms with Gasteiger partial charge in [0.25, 0.3) is 0 Å². The SMILES string of the molecule is CCN=C1NC(NC(C)(C)C)=NCN1SC. The summed E-state index contributed by atoms with van der Waals surface area (Å²) in [7, 11) is 0. The van der Waals surface area contributed by atoms with E-state index in [2.05, 4.69) is 41.4 Å². The molecule has 6 heteroatoms. The van der Waals surface area contributed by atoms with E-state index in [1.165, 1.54) is 0 Å². The van der Waals surface area contributed by atoms with E-state index < -0.39 is 0 Å². The number of aliphatic imine (C=N–C) groups is 2. The number of hydrogen-bond acceptors (Lipinski definition) is 4. The maximum Gasteiger partial charge on any atom is 0.212 e. The summed E-state index contributed by atoms with van der Waals surface area (Å²) in [6.45, 7) is 9.74. The summed E-state index contributed by atoms with van der Waals surface area (Å²) in [6.07, 6.45) is 2.02. The van der Waals surface area contributed by atoms with Crippen molar-refractivity contribution >= 4 is 23.9 Å². The molecule has 0 aromatic heterocycles. The van der Waals surface area contributed by atoms with Crippen LogP contribution in [0.3, 0.4) is 0 Å². The normalized spacial score (nSPS) is 19.4. The first-order valence-electron chi connectivity index (χ1n) is 5.42. The first kappa shape index (κ1) is 13.2. The summed E-state index contributed by atoms with van der Waals surface area (Å²) < 4.78 is 2.03. The fraction of sp³-hybridized carbons (Fsp3) is 0.800. The first-order chi connectivity index (χ1) is 7.46. The van der Waals surface area contributed by atoms with E-state index in [1.807, 2.05) is 17.5 Å². The molecule has 2 N–H and O–H groups in total. The molecule has 0 spiro atoms. The lowest BCUT2D eigenvalue weighted by atomic mass is 10.1. The standard InChI is InChI=1S/C10H21N5S/c1-6-11-9-13-8(14-10(2,3)4)12-7-15(9)16-5/h6-7H2,1-5H3,(H2,11,12,13,14). The highest BCUT2D eigenvalue weighted by Gasteiger charge is 2.20. The van der Waals surface area contributed by atoms with Crippen molar-refractivity contribution in [2.45, 2.75) is 33.2 Å². The average molecular weight is 243 g/mol. The van der Waals surface area contributed by atoms with Crippen molar-refractivity contribution < 1.29 is 0 Å². The molecule has 92 valence electrons. The van der Waals surface area contributed by atoms with E-state index in [0.717, 1.165) is 18.5 Å². The van der Waals surface area contributed by atoms with Crippen molar-refractivity contribution in [3.63, 3.8) is 0 Å². The Kier molecular flexibility index (Phi) is 4.46. The summed E-state index contributed by atoms with van der Waals surface area (Å²) in [6, 6.07) is 0. The van der Waals surface area contributed by atoms with E-state index in [-0.39, 0.29) is 5.54 Å². The summed E-state index contributed by atoms with van der Waals surface area (Å²) in [5.74, 6) is 1.67.